The number of nitrogens with one attached hydrogen (secondary N) is 1. The summed E-state index contributed by atoms with van der Waals surface area (Å²) in [5.41, 5.74) is 1.61. The number of halogens is 1. The number of nitrogens with zero attached hydrogens (tertiary/aromatic N) is 6. The number of benzene rings is 2. The van der Waals surface area contributed by atoms with Gasteiger partial charge in [-0.2, -0.15) is 23.9 Å². The number of amides is 1. The average molecular weight is 757 g/mol. The average Bonchev–Trinajstić information content (AvgIpc) is 3.68. The Balaban J connectivity index is 0.00000451. The van der Waals surface area contributed by atoms with Crippen molar-refractivity contribution in [1.29, 1.82) is 5.26 Å². The summed E-state index contributed by atoms with van der Waals surface area (Å²) in [4.78, 5) is 17.2. The molecule has 10 nitrogen and oxygen atoms in total. The maximum Gasteiger partial charge on any atom is 0.407 e. The quantitative estimate of drug-likeness (QED) is 0.174. The molecule has 3 atom stereocenters. The van der Waals surface area contributed by atoms with Crippen molar-refractivity contribution in [2.75, 3.05) is 56.0 Å². The molecule has 3 heterocycles. The first-order chi connectivity index (χ1) is 22.8. The summed E-state index contributed by atoms with van der Waals surface area (Å²) in [5, 5.41) is 18.0. The molecule has 0 spiro atoms. The van der Waals surface area contributed by atoms with Crippen LogP contribution in [0.4, 0.5) is 16.3 Å². The molecule has 1 saturated carbocycles. The number of rotatable bonds is 11. The number of carbonyl (C=O) groups excluding carboxylic acids is 1. The zero-order valence-corrected chi connectivity index (χ0v) is 31.3. The number of piperidine rings is 1. The largest absolute Gasteiger partial charge is 0.446 e. The number of anilines is 2. The van der Waals surface area contributed by atoms with Crippen LogP contribution in [0.3, 0.4) is 0 Å². The third-order valence-electron chi connectivity index (χ3n) is 10.2. The lowest BCUT2D eigenvalue weighted by Crippen LogP contribution is -2.54. The fraction of sp³-hybridized carbons (Fsp3) is 0.514. The Morgan fingerprint density at radius 1 is 1.12 bits per heavy atom. The topological polar surface area (TPSA) is 98.9 Å². The van der Waals surface area contributed by atoms with Gasteiger partial charge in [0.1, 0.15) is 11.9 Å². The first kappa shape index (κ1) is 36.2. The van der Waals surface area contributed by atoms with Crippen molar-refractivity contribution in [2.24, 2.45) is 24.8 Å². The van der Waals surface area contributed by atoms with E-state index in [0.717, 1.165) is 86.4 Å². The normalized spacial score (nSPS) is 21.4. The van der Waals surface area contributed by atoms with Crippen molar-refractivity contribution in [1.82, 2.24) is 20.0 Å². The molecule has 1 amide bonds. The van der Waals surface area contributed by atoms with Gasteiger partial charge in [-0.1, -0.05) is 30.3 Å². The third-order valence-corrected chi connectivity index (χ3v) is 11.4. The van der Waals surface area contributed by atoms with Gasteiger partial charge in [0.15, 0.2) is 18.0 Å². The van der Waals surface area contributed by atoms with E-state index in [1.54, 1.807) is 11.7 Å². The second-order valence-electron chi connectivity index (χ2n) is 13.0. The van der Waals surface area contributed by atoms with Crippen LogP contribution < -0.4 is 18.7 Å². The van der Waals surface area contributed by atoms with Gasteiger partial charge >= 0.3 is 6.09 Å². The molecule has 6 rings (SSSR count). The number of likely N-dealkylation sites (tertiary alicyclic amines) is 1. The van der Waals surface area contributed by atoms with Gasteiger partial charge in [0.05, 0.1) is 16.0 Å². The molecule has 0 bridgehead atoms. The summed E-state index contributed by atoms with van der Waals surface area (Å²) in [7, 11) is 5.41. The fourth-order valence-electron chi connectivity index (χ4n) is 7.83. The van der Waals surface area contributed by atoms with Gasteiger partial charge in [0.25, 0.3) is 0 Å². The lowest BCUT2D eigenvalue weighted by atomic mass is 9.59. The van der Waals surface area contributed by atoms with E-state index in [2.05, 4.69) is 66.5 Å². The molecule has 0 radical (unpaired) electrons. The molecule has 2 saturated heterocycles. The van der Waals surface area contributed by atoms with Crippen molar-refractivity contribution in [2.45, 2.75) is 43.6 Å². The zero-order valence-electron chi connectivity index (χ0n) is 27.8. The van der Waals surface area contributed by atoms with Crippen LogP contribution in [0.2, 0.25) is 0 Å². The van der Waals surface area contributed by atoms with Crippen molar-refractivity contribution >= 4 is 59.3 Å². The highest BCUT2D eigenvalue weighted by molar-refractivity contribution is 9.10. The number of aromatic nitrogens is 2. The van der Waals surface area contributed by atoms with E-state index in [-0.39, 0.29) is 31.4 Å². The van der Waals surface area contributed by atoms with Gasteiger partial charge < -0.3 is 24.0 Å². The number of aryl methyl sites for hydroxylation is 1. The Hall–Kier alpha value is -3.05. The second kappa shape index (κ2) is 16.1. The molecule has 2 unspecified atom stereocenters. The monoisotopic (exact) mass is 755 g/mol. The summed E-state index contributed by atoms with van der Waals surface area (Å²) < 4.78 is 16.3. The van der Waals surface area contributed by atoms with E-state index in [0.29, 0.717) is 5.92 Å². The minimum atomic E-state index is -0.672. The van der Waals surface area contributed by atoms with Crippen LogP contribution in [0.5, 0.6) is 5.75 Å². The molecule has 13 heteroatoms. The highest BCUT2D eigenvalue weighted by Crippen LogP contribution is 2.51. The van der Waals surface area contributed by atoms with Gasteiger partial charge in [0.2, 0.25) is 0 Å². The van der Waals surface area contributed by atoms with Crippen molar-refractivity contribution in [3.63, 3.8) is 0 Å². The predicted molar refractivity (Wildman–Crippen MR) is 200 cm³/mol. The van der Waals surface area contributed by atoms with E-state index >= 15 is 0 Å². The molecule has 2 aliphatic heterocycles. The Morgan fingerprint density at radius 2 is 1.83 bits per heavy atom. The molecular formula is C35H46BrN7O3S2. The first-order valence-corrected chi connectivity index (χ1v) is 18.0. The summed E-state index contributed by atoms with van der Waals surface area (Å²) >= 11 is 4.78. The van der Waals surface area contributed by atoms with Crippen LogP contribution in [0.25, 0.3) is 0 Å². The van der Waals surface area contributed by atoms with E-state index in [1.807, 2.05) is 54.9 Å². The Bertz CT molecular complexity index is 1540. The molecule has 3 aliphatic rings. The second-order valence-corrected chi connectivity index (χ2v) is 14.8. The Kier molecular flexibility index (Phi) is 12.2. The van der Waals surface area contributed by atoms with E-state index < -0.39 is 11.5 Å². The minimum Gasteiger partial charge on any atom is -0.446 e. The fourth-order valence-corrected chi connectivity index (χ4v) is 9.10. The molecule has 2 aromatic carbocycles. The highest BCUT2D eigenvalue weighted by Gasteiger charge is 2.53. The Labute approximate surface area is 304 Å². The van der Waals surface area contributed by atoms with Crippen LogP contribution in [0.1, 0.15) is 37.7 Å². The lowest BCUT2D eigenvalue weighted by Gasteiger charge is -2.47. The van der Waals surface area contributed by atoms with Crippen LogP contribution >= 0.6 is 41.7 Å². The molecule has 1 N–H and O–H groups in total. The van der Waals surface area contributed by atoms with Crippen LogP contribution in [0.15, 0.2) is 65.3 Å². The van der Waals surface area contributed by atoms with Gasteiger partial charge in [0, 0.05) is 64.5 Å². The maximum atomic E-state index is 12.2. The smallest absolute Gasteiger partial charge is 0.407 e. The van der Waals surface area contributed by atoms with Crippen LogP contribution in [-0.4, -0.2) is 73.7 Å². The van der Waals surface area contributed by atoms with E-state index in [1.165, 1.54) is 17.9 Å². The van der Waals surface area contributed by atoms with E-state index in [9.17, 15) is 10.1 Å². The number of nitriles is 1. The lowest BCUT2D eigenvalue weighted by molar-refractivity contribution is 0.0307. The number of alkyl carbamates (subject to hydrolysis) is 1. The summed E-state index contributed by atoms with van der Waals surface area (Å²) in [6, 6.07) is 21.4. The van der Waals surface area contributed by atoms with Crippen molar-refractivity contribution in [3.8, 4) is 11.8 Å². The zero-order chi connectivity index (χ0) is 33.0. The van der Waals surface area contributed by atoms with Crippen molar-refractivity contribution < 1.29 is 13.7 Å². The van der Waals surface area contributed by atoms with Gasteiger partial charge in [-0.3, -0.25) is 8.99 Å². The highest BCUT2D eigenvalue weighted by atomic mass is 79.9. The molecule has 258 valence electrons. The van der Waals surface area contributed by atoms with Gasteiger partial charge in [-0.15, -0.1) is 0 Å². The molecule has 3 fully saturated rings. The standard InChI is InChI=1S/C35H44BrN7O3S.H2S/c1-38-34(44)45-32-11-7-10-30(32)35(24-37,26-8-5-4-6-9-26)27-16-18-42(19-17-27)20-25-21-43(22-25)28-12-14-29(15-13-28)46-47-41(3)33-31(36)23-40(2)39-33;/h4-6,8-9,12-15,23,25,27,30,32H,7,10-11,16-22H2,1-3H3,(H,38,44);1H2/t30?,32-,35?;/m0./s1. The first-order valence-electron chi connectivity index (χ1n) is 16.5. The molecular weight excluding hydrogens is 710 g/mol. The molecule has 3 aromatic rings. The predicted octanol–water partition coefficient (Wildman–Crippen LogP) is 6.51. The minimum absolute atomic E-state index is 0. The van der Waals surface area contributed by atoms with E-state index in [4.69, 9.17) is 8.92 Å². The summed E-state index contributed by atoms with van der Waals surface area (Å²) in [5.74, 6) is 2.43. The molecule has 1 aromatic heterocycles. The SMILES string of the molecule is CNC(=O)O[C@H]1CCCC1C(C#N)(c1ccccc1)C1CCN(CC2CN(c3ccc(OSN(C)c4nn(C)cc4Br)cc3)C2)CC1.S. The Morgan fingerprint density at radius 3 is 2.46 bits per heavy atom. The molecule has 48 heavy (non-hydrogen) atoms. The third kappa shape index (κ3) is 7.72. The molecule has 1 aliphatic carbocycles. The number of ether oxygens (including phenoxy) is 1. The van der Waals surface area contributed by atoms with Gasteiger partial charge in [-0.05, 0) is 96.9 Å². The summed E-state index contributed by atoms with van der Waals surface area (Å²) in [6.45, 7) is 5.12. The number of carbonyl (C=O) groups is 1. The number of hydrogen-bond acceptors (Lipinski definition) is 9. The van der Waals surface area contributed by atoms with Crippen molar-refractivity contribution in [3.05, 3.63) is 70.8 Å². The van der Waals surface area contributed by atoms with Crippen LogP contribution in [0, 0.1) is 29.1 Å². The number of hydrogen-bond donors (Lipinski definition) is 1. The maximum absolute atomic E-state index is 12.2. The van der Waals surface area contributed by atoms with Crippen LogP contribution in [-0.2, 0) is 17.2 Å². The summed E-state index contributed by atoms with van der Waals surface area (Å²) in [6.07, 6.45) is 5.86. The van der Waals surface area contributed by atoms with Gasteiger partial charge in [-0.25, -0.2) is 4.79 Å².